The Labute approximate surface area is 133 Å². The lowest BCUT2D eigenvalue weighted by Crippen LogP contribution is -2.31. The summed E-state index contributed by atoms with van der Waals surface area (Å²) < 4.78 is 37.5. The Bertz CT molecular complexity index is 391. The van der Waals surface area contributed by atoms with E-state index in [4.69, 9.17) is 23.2 Å². The molecule has 0 saturated carbocycles. The lowest BCUT2D eigenvalue weighted by atomic mass is 9.82. The molecule has 0 aliphatic rings. The summed E-state index contributed by atoms with van der Waals surface area (Å²) in [5.74, 6) is 0.325. The van der Waals surface area contributed by atoms with Crippen LogP contribution in [0.3, 0.4) is 0 Å². The Morgan fingerprint density at radius 2 is 1.58 bits per heavy atom. The van der Waals surface area contributed by atoms with Gasteiger partial charge in [-0.25, -0.2) is 0 Å². The quantitative estimate of drug-likeness (QED) is 0.548. The summed E-state index contributed by atoms with van der Waals surface area (Å²) in [6.45, 7) is 0. The van der Waals surface area contributed by atoms with Crippen LogP contribution in [0.2, 0.25) is 0 Å². The molecule has 0 aromatic heterocycles. The molecule has 0 atom stereocenters. The molecule has 1 rings (SSSR count). The third-order valence-corrected chi connectivity index (χ3v) is 5.10. The average Bonchev–Trinajstić information content (AvgIpc) is 2.35. The SMILES string of the molecule is FC(F)(F)SCCC(CCl)(CCl)c1ccc(Br)cc1. The first-order valence-electron chi connectivity index (χ1n) is 5.42. The molecular weight excluding hydrogens is 384 g/mol. The van der Waals surface area contributed by atoms with Crippen molar-refractivity contribution in [3.8, 4) is 0 Å². The van der Waals surface area contributed by atoms with E-state index in [0.29, 0.717) is 0 Å². The van der Waals surface area contributed by atoms with Crippen molar-refractivity contribution in [2.24, 2.45) is 0 Å². The summed E-state index contributed by atoms with van der Waals surface area (Å²) in [6, 6.07) is 7.35. The third-order valence-electron chi connectivity index (χ3n) is 2.81. The molecule has 7 heteroatoms. The van der Waals surface area contributed by atoms with E-state index < -0.39 is 10.9 Å². The maximum Gasteiger partial charge on any atom is 0.441 e. The Morgan fingerprint density at radius 3 is 2.00 bits per heavy atom. The molecule has 19 heavy (non-hydrogen) atoms. The van der Waals surface area contributed by atoms with Crippen LogP contribution in [-0.2, 0) is 5.41 Å². The van der Waals surface area contributed by atoms with Gasteiger partial charge in [0.1, 0.15) is 0 Å². The smallest absolute Gasteiger partial charge is 0.160 e. The normalized spacial score (nSPS) is 12.7. The fraction of sp³-hybridized carbons (Fsp3) is 0.500. The van der Waals surface area contributed by atoms with Gasteiger partial charge < -0.3 is 0 Å². The van der Waals surface area contributed by atoms with Gasteiger partial charge in [-0.3, -0.25) is 0 Å². The largest absolute Gasteiger partial charge is 0.441 e. The van der Waals surface area contributed by atoms with Crippen molar-refractivity contribution < 1.29 is 13.2 Å². The summed E-state index contributed by atoms with van der Waals surface area (Å²) in [6.07, 6.45) is 0.284. The van der Waals surface area contributed by atoms with Crippen molar-refractivity contribution >= 4 is 50.9 Å². The van der Waals surface area contributed by atoms with Crippen molar-refractivity contribution in [2.75, 3.05) is 17.5 Å². The Hall–Kier alpha value is 0.420. The lowest BCUT2D eigenvalue weighted by Gasteiger charge is -2.30. The second kappa shape index (κ2) is 7.43. The number of hydrogen-bond acceptors (Lipinski definition) is 1. The van der Waals surface area contributed by atoms with Crippen molar-refractivity contribution in [1.82, 2.24) is 0 Å². The van der Waals surface area contributed by atoms with E-state index in [0.717, 1.165) is 10.0 Å². The summed E-state index contributed by atoms with van der Waals surface area (Å²) in [4.78, 5) is 0. The van der Waals surface area contributed by atoms with Gasteiger partial charge in [0.15, 0.2) is 0 Å². The molecule has 1 aromatic rings. The van der Waals surface area contributed by atoms with Crippen molar-refractivity contribution in [1.29, 1.82) is 0 Å². The third kappa shape index (κ3) is 5.37. The predicted octanol–water partition coefficient (Wildman–Crippen LogP) is 5.81. The van der Waals surface area contributed by atoms with E-state index in [1.54, 1.807) is 0 Å². The molecule has 0 unspecified atom stereocenters. The highest BCUT2D eigenvalue weighted by Gasteiger charge is 2.34. The molecule has 0 N–H and O–H groups in total. The van der Waals surface area contributed by atoms with E-state index in [1.807, 2.05) is 24.3 Å². The van der Waals surface area contributed by atoms with E-state index in [1.165, 1.54) is 0 Å². The maximum absolute atomic E-state index is 12.2. The minimum Gasteiger partial charge on any atom is -0.160 e. The first-order chi connectivity index (χ1) is 8.83. The highest BCUT2D eigenvalue weighted by Crippen LogP contribution is 2.37. The van der Waals surface area contributed by atoms with Crippen LogP contribution in [-0.4, -0.2) is 23.0 Å². The zero-order chi connectivity index (χ0) is 14.5. The molecule has 0 fully saturated rings. The predicted molar refractivity (Wildman–Crippen MR) is 80.4 cm³/mol. The molecular formula is C12H12BrCl2F3S. The molecule has 0 bridgehead atoms. The van der Waals surface area contributed by atoms with Crippen LogP contribution in [0.1, 0.15) is 12.0 Å². The Kier molecular flexibility index (Phi) is 6.84. The zero-order valence-electron chi connectivity index (χ0n) is 9.81. The highest BCUT2D eigenvalue weighted by molar-refractivity contribution is 9.10. The first kappa shape index (κ1) is 17.5. The van der Waals surface area contributed by atoms with Crippen molar-refractivity contribution in [3.05, 3.63) is 34.3 Å². The van der Waals surface area contributed by atoms with E-state index in [9.17, 15) is 13.2 Å². The Balaban J connectivity index is 2.82. The summed E-state index contributed by atoms with van der Waals surface area (Å²) >= 11 is 15.2. The number of alkyl halides is 5. The van der Waals surface area contributed by atoms with Crippen LogP contribution < -0.4 is 0 Å². The van der Waals surface area contributed by atoms with Gasteiger partial charge >= 0.3 is 5.51 Å². The number of rotatable bonds is 6. The monoisotopic (exact) mass is 394 g/mol. The van der Waals surface area contributed by atoms with Crippen LogP contribution in [0.5, 0.6) is 0 Å². The second-order valence-corrected chi connectivity index (χ2v) is 6.71. The highest BCUT2D eigenvalue weighted by atomic mass is 79.9. The van der Waals surface area contributed by atoms with Gasteiger partial charge in [0.05, 0.1) is 0 Å². The number of halogens is 6. The molecule has 1 aromatic carbocycles. The topological polar surface area (TPSA) is 0 Å². The molecule has 0 radical (unpaired) electrons. The van der Waals surface area contributed by atoms with Gasteiger partial charge in [0.25, 0.3) is 0 Å². The summed E-state index contributed by atoms with van der Waals surface area (Å²) in [7, 11) is 0. The van der Waals surface area contributed by atoms with Crippen LogP contribution in [0.25, 0.3) is 0 Å². The summed E-state index contributed by atoms with van der Waals surface area (Å²) in [5, 5.41) is 0. The first-order valence-corrected chi connectivity index (χ1v) is 8.26. The number of hydrogen-bond donors (Lipinski definition) is 0. The van der Waals surface area contributed by atoms with E-state index in [2.05, 4.69) is 15.9 Å². The Morgan fingerprint density at radius 1 is 1.05 bits per heavy atom. The van der Waals surface area contributed by atoms with E-state index >= 15 is 0 Å². The number of thioether (sulfide) groups is 1. The minimum atomic E-state index is -4.22. The lowest BCUT2D eigenvalue weighted by molar-refractivity contribution is -0.0328. The molecule has 0 saturated heterocycles. The van der Waals surface area contributed by atoms with Gasteiger partial charge in [0, 0.05) is 27.4 Å². The van der Waals surface area contributed by atoms with Crippen LogP contribution in [0.15, 0.2) is 28.7 Å². The molecule has 0 aliphatic heterocycles. The molecule has 0 aliphatic carbocycles. The fourth-order valence-electron chi connectivity index (χ4n) is 1.63. The van der Waals surface area contributed by atoms with Gasteiger partial charge in [-0.15, -0.1) is 23.2 Å². The fourth-order valence-corrected chi connectivity index (χ4v) is 3.48. The molecule has 108 valence electrons. The van der Waals surface area contributed by atoms with Gasteiger partial charge in [0.2, 0.25) is 0 Å². The second-order valence-electron chi connectivity index (χ2n) is 4.10. The van der Waals surface area contributed by atoms with Crippen molar-refractivity contribution in [3.63, 3.8) is 0 Å². The van der Waals surface area contributed by atoms with Crippen molar-refractivity contribution in [2.45, 2.75) is 17.3 Å². The summed E-state index contributed by atoms with van der Waals surface area (Å²) in [5.41, 5.74) is -3.98. The standard InChI is InChI=1S/C12H12BrCl2F3S/c13-10-3-1-9(2-4-10)11(7-14,8-15)5-6-19-12(16,17)18/h1-4H,5-8H2. The maximum atomic E-state index is 12.2. The minimum absolute atomic E-state index is 0.0375. The van der Waals surface area contributed by atoms with Gasteiger partial charge in [-0.05, 0) is 24.1 Å². The van der Waals surface area contributed by atoms with Gasteiger partial charge in [-0.1, -0.05) is 39.8 Å². The average molecular weight is 396 g/mol. The van der Waals surface area contributed by atoms with E-state index in [-0.39, 0.29) is 35.7 Å². The molecule has 0 amide bonds. The van der Waals surface area contributed by atoms with Crippen LogP contribution in [0.4, 0.5) is 13.2 Å². The molecule has 0 nitrogen and oxygen atoms in total. The van der Waals surface area contributed by atoms with Crippen LogP contribution in [0, 0.1) is 0 Å². The molecule has 0 spiro atoms. The number of benzene rings is 1. The van der Waals surface area contributed by atoms with Gasteiger partial charge in [-0.2, -0.15) is 13.2 Å². The molecule has 0 heterocycles. The van der Waals surface area contributed by atoms with Crippen LogP contribution >= 0.6 is 50.9 Å². The zero-order valence-corrected chi connectivity index (χ0v) is 13.7.